The SMILES string of the molecule is NC1C(O)[PH]1=O. The van der Waals surface area contributed by atoms with Gasteiger partial charge in [0.05, 0.1) is 5.78 Å². The van der Waals surface area contributed by atoms with Crippen molar-refractivity contribution in [3.63, 3.8) is 0 Å². The van der Waals surface area contributed by atoms with Crippen LogP contribution in [-0.2, 0) is 4.57 Å². The topological polar surface area (TPSA) is 63.3 Å². The van der Waals surface area contributed by atoms with Gasteiger partial charge in [-0.25, -0.2) is 0 Å². The van der Waals surface area contributed by atoms with Crippen molar-refractivity contribution >= 4 is 7.80 Å². The quantitative estimate of drug-likeness (QED) is 0.397. The van der Waals surface area contributed by atoms with Crippen LogP contribution in [0.2, 0.25) is 0 Å². The normalized spacial score (nSPS) is 55.3. The van der Waals surface area contributed by atoms with E-state index in [0.29, 0.717) is 0 Å². The first kappa shape index (κ1) is 4.31. The molecule has 1 aliphatic heterocycles. The Morgan fingerprint density at radius 3 is 2.00 bits per heavy atom. The zero-order valence-corrected chi connectivity index (χ0v) is 4.09. The van der Waals surface area contributed by atoms with E-state index in [0.717, 1.165) is 0 Å². The summed E-state index contributed by atoms with van der Waals surface area (Å²) < 4.78 is 10.0. The number of nitrogens with two attached hydrogens (primary N) is 1. The molecular weight excluding hydrogens is 101 g/mol. The van der Waals surface area contributed by atoms with Gasteiger partial charge in [-0.1, -0.05) is 0 Å². The highest BCUT2D eigenvalue weighted by Gasteiger charge is 2.42. The summed E-state index contributed by atoms with van der Waals surface area (Å²) in [6, 6.07) is 0. The van der Waals surface area contributed by atoms with E-state index < -0.39 is 13.6 Å². The van der Waals surface area contributed by atoms with E-state index in [1.165, 1.54) is 0 Å². The lowest BCUT2D eigenvalue weighted by Gasteiger charge is -1.66. The molecule has 3 nitrogen and oxygen atoms in total. The Balaban J connectivity index is 2.51. The smallest absolute Gasteiger partial charge is 0.128 e. The van der Waals surface area contributed by atoms with Crippen LogP contribution >= 0.6 is 7.80 Å². The molecule has 1 aliphatic rings. The second-order valence-electron chi connectivity index (χ2n) is 1.37. The summed E-state index contributed by atoms with van der Waals surface area (Å²) in [5, 5.41) is 8.31. The number of rotatable bonds is 0. The molecule has 0 aromatic carbocycles. The summed E-state index contributed by atoms with van der Waals surface area (Å²) in [5.74, 6) is -1.04. The van der Waals surface area contributed by atoms with Crippen molar-refractivity contribution in [2.75, 3.05) is 0 Å². The van der Waals surface area contributed by atoms with E-state index in [4.69, 9.17) is 10.8 Å². The lowest BCUT2D eigenvalue weighted by molar-refractivity contribution is 0.291. The molecule has 1 fully saturated rings. The molecule has 0 radical (unpaired) electrons. The van der Waals surface area contributed by atoms with Crippen LogP contribution in [0.25, 0.3) is 0 Å². The largest absolute Gasteiger partial charge is 0.383 e. The molecule has 36 valence electrons. The molecule has 4 heteroatoms. The summed E-state index contributed by atoms with van der Waals surface area (Å²) in [6.45, 7) is 0. The van der Waals surface area contributed by atoms with Crippen LogP contribution in [0.3, 0.4) is 0 Å². The first-order valence-corrected chi connectivity index (χ1v) is 3.27. The standard InChI is InChI=1S/C2H6NO2P/c3-1-2(4)6(1)5/h1-2,4,6H,3H2. The maximum atomic E-state index is 10.0. The van der Waals surface area contributed by atoms with Crippen LogP contribution < -0.4 is 5.73 Å². The average Bonchev–Trinajstić information content (AvgIpc) is 1.94. The fourth-order valence-corrected chi connectivity index (χ4v) is 0.940. The Morgan fingerprint density at radius 1 is 1.83 bits per heavy atom. The highest BCUT2D eigenvalue weighted by Crippen LogP contribution is 2.50. The lowest BCUT2D eigenvalue weighted by atomic mass is 10.8. The summed E-state index contributed by atoms with van der Waals surface area (Å²) in [5.41, 5.74) is 4.99. The minimum atomic E-state index is -1.70. The summed E-state index contributed by atoms with van der Waals surface area (Å²) in [6.07, 6.45) is 0. The van der Waals surface area contributed by atoms with Gasteiger partial charge >= 0.3 is 0 Å². The molecule has 3 unspecified atom stereocenters. The molecular formula is C2H6NO2P. The number of aliphatic hydroxyl groups excluding tert-OH is 1. The Kier molecular flexibility index (Phi) is 0.761. The summed E-state index contributed by atoms with van der Waals surface area (Å²) in [7, 11) is -1.70. The Bertz CT molecular complexity index is 83.5. The van der Waals surface area contributed by atoms with E-state index in [2.05, 4.69) is 0 Å². The van der Waals surface area contributed by atoms with E-state index in [-0.39, 0.29) is 5.78 Å². The molecule has 1 saturated heterocycles. The number of aliphatic hydroxyl groups is 1. The van der Waals surface area contributed by atoms with Gasteiger partial charge in [0.2, 0.25) is 0 Å². The van der Waals surface area contributed by atoms with Crippen molar-refractivity contribution in [1.29, 1.82) is 0 Å². The van der Waals surface area contributed by atoms with E-state index in [9.17, 15) is 4.57 Å². The van der Waals surface area contributed by atoms with Crippen molar-refractivity contribution in [2.45, 2.75) is 11.6 Å². The maximum Gasteiger partial charge on any atom is 0.128 e. The highest BCUT2D eigenvalue weighted by molar-refractivity contribution is 7.54. The third kappa shape index (κ3) is 0.400. The molecule has 0 aromatic heterocycles. The number of hydrogen-bond donors (Lipinski definition) is 2. The van der Waals surface area contributed by atoms with Crippen molar-refractivity contribution in [1.82, 2.24) is 0 Å². The van der Waals surface area contributed by atoms with Gasteiger partial charge in [-0.2, -0.15) is 0 Å². The molecule has 0 aliphatic carbocycles. The van der Waals surface area contributed by atoms with Gasteiger partial charge in [-0.15, -0.1) is 0 Å². The van der Waals surface area contributed by atoms with Crippen LogP contribution in [0.1, 0.15) is 0 Å². The fourth-order valence-electron chi connectivity index (χ4n) is 0.245. The Labute approximate surface area is 35.9 Å². The first-order valence-electron chi connectivity index (χ1n) is 1.71. The van der Waals surface area contributed by atoms with Crippen LogP contribution in [0.15, 0.2) is 0 Å². The lowest BCUT2D eigenvalue weighted by Crippen LogP contribution is -2.02. The monoisotopic (exact) mass is 107 g/mol. The van der Waals surface area contributed by atoms with Gasteiger partial charge in [-0.3, -0.25) is 0 Å². The first-order chi connectivity index (χ1) is 2.73. The zero-order valence-electron chi connectivity index (χ0n) is 3.09. The molecule has 3 N–H and O–H groups in total. The molecule has 0 amide bonds. The maximum absolute atomic E-state index is 10.0. The molecule has 6 heavy (non-hydrogen) atoms. The predicted octanol–water partition coefficient (Wildman–Crippen LogP) is -0.837. The molecule has 0 saturated carbocycles. The third-order valence-corrected chi connectivity index (χ3v) is 2.38. The van der Waals surface area contributed by atoms with E-state index >= 15 is 0 Å². The second kappa shape index (κ2) is 1.06. The van der Waals surface area contributed by atoms with Gasteiger partial charge in [0.25, 0.3) is 0 Å². The van der Waals surface area contributed by atoms with Crippen LogP contribution in [0.4, 0.5) is 0 Å². The van der Waals surface area contributed by atoms with Gasteiger partial charge in [0.1, 0.15) is 13.6 Å². The van der Waals surface area contributed by atoms with Crippen LogP contribution in [0.5, 0.6) is 0 Å². The average molecular weight is 107 g/mol. The van der Waals surface area contributed by atoms with E-state index in [1.807, 2.05) is 0 Å². The molecule has 0 aromatic rings. The van der Waals surface area contributed by atoms with Crippen LogP contribution in [-0.4, -0.2) is 16.7 Å². The van der Waals surface area contributed by atoms with Crippen molar-refractivity contribution in [3.8, 4) is 0 Å². The van der Waals surface area contributed by atoms with Gasteiger partial charge in [-0.05, 0) is 0 Å². The van der Waals surface area contributed by atoms with E-state index in [1.54, 1.807) is 0 Å². The fraction of sp³-hybridized carbons (Fsp3) is 1.00. The van der Waals surface area contributed by atoms with Crippen LogP contribution in [0, 0.1) is 0 Å². The van der Waals surface area contributed by atoms with Gasteiger partial charge in [0, 0.05) is 0 Å². The summed E-state index contributed by atoms with van der Waals surface area (Å²) in [4.78, 5) is 0. The van der Waals surface area contributed by atoms with Crippen molar-refractivity contribution in [3.05, 3.63) is 0 Å². The van der Waals surface area contributed by atoms with Crippen molar-refractivity contribution in [2.24, 2.45) is 5.73 Å². The molecule has 0 bridgehead atoms. The Hall–Kier alpha value is 0.150. The van der Waals surface area contributed by atoms with Crippen molar-refractivity contribution < 1.29 is 9.67 Å². The molecule has 3 atom stereocenters. The summed E-state index contributed by atoms with van der Waals surface area (Å²) >= 11 is 0. The third-order valence-electron chi connectivity index (χ3n) is 0.851. The van der Waals surface area contributed by atoms with Gasteiger partial charge < -0.3 is 15.4 Å². The predicted molar refractivity (Wildman–Crippen MR) is 23.0 cm³/mol. The minimum Gasteiger partial charge on any atom is -0.383 e. The van der Waals surface area contributed by atoms with Gasteiger partial charge in [0.15, 0.2) is 0 Å². The molecule has 0 spiro atoms. The Morgan fingerprint density at radius 2 is 2.00 bits per heavy atom. The number of hydrogen-bond acceptors (Lipinski definition) is 3. The molecule has 1 heterocycles. The molecule has 1 rings (SSSR count). The zero-order chi connectivity index (χ0) is 4.73. The highest BCUT2D eigenvalue weighted by atomic mass is 31.1. The minimum absolute atomic E-state index is 0.380. The second-order valence-corrected chi connectivity index (χ2v) is 3.44.